The number of rotatable bonds is 0. The van der Waals surface area contributed by atoms with E-state index in [1.165, 1.54) is 25.7 Å². The highest BCUT2D eigenvalue weighted by Gasteiger charge is 2.30. The van der Waals surface area contributed by atoms with Crippen molar-refractivity contribution < 1.29 is 0 Å². The van der Waals surface area contributed by atoms with E-state index in [0.717, 1.165) is 0 Å². The maximum absolute atomic E-state index is 4.48. The summed E-state index contributed by atoms with van der Waals surface area (Å²) >= 11 is 8.95. The third-order valence-corrected chi connectivity index (χ3v) is 3.55. The fourth-order valence-corrected chi connectivity index (χ4v) is 1.89. The lowest BCUT2D eigenvalue weighted by Gasteiger charge is -2.34. The Morgan fingerprint density at radius 1 is 1.33 bits per heavy atom. The van der Waals surface area contributed by atoms with E-state index in [4.69, 9.17) is 0 Å². The fourth-order valence-electron chi connectivity index (χ4n) is 1.31. The molecule has 1 fully saturated rings. The topological polar surface area (TPSA) is 0 Å². The van der Waals surface area contributed by atoms with Crippen LogP contribution in [0.25, 0.3) is 0 Å². The van der Waals surface area contributed by atoms with Gasteiger partial charge in [-0.3, -0.25) is 0 Å². The summed E-state index contributed by atoms with van der Waals surface area (Å²) in [5.41, 5.74) is 0. The summed E-state index contributed by atoms with van der Waals surface area (Å²) < 4.78 is 0.0260. The van der Waals surface area contributed by atoms with Crippen LogP contribution >= 0.6 is 25.3 Å². The first-order chi connectivity index (χ1) is 4.13. The quantitative estimate of drug-likeness (QED) is 0.397. The fraction of sp³-hybridized carbons (Fsp3) is 1.00. The van der Waals surface area contributed by atoms with Crippen molar-refractivity contribution in [2.45, 2.75) is 36.7 Å². The standard InChI is InChI=1S/C7H14S2/c1-6-4-2-3-5-7(6,8)9/h6,8-9H,2-5H2,1H3. The molecule has 54 valence electrons. The maximum Gasteiger partial charge on any atom is 0.0577 e. The molecule has 1 unspecified atom stereocenters. The molecule has 9 heavy (non-hydrogen) atoms. The smallest absolute Gasteiger partial charge is 0.0577 e. The van der Waals surface area contributed by atoms with Gasteiger partial charge in [-0.2, -0.15) is 25.3 Å². The summed E-state index contributed by atoms with van der Waals surface area (Å²) in [6, 6.07) is 0. The molecule has 0 saturated heterocycles. The first kappa shape index (κ1) is 7.80. The van der Waals surface area contributed by atoms with Crippen molar-refractivity contribution in [2.24, 2.45) is 5.92 Å². The van der Waals surface area contributed by atoms with Crippen molar-refractivity contribution in [3.05, 3.63) is 0 Å². The zero-order chi connectivity index (χ0) is 6.91. The SMILES string of the molecule is CC1CCCCC1(S)S. The summed E-state index contributed by atoms with van der Waals surface area (Å²) in [5.74, 6) is 0.679. The highest BCUT2D eigenvalue weighted by molar-refractivity contribution is 8.00. The average molecular weight is 162 g/mol. The van der Waals surface area contributed by atoms with Gasteiger partial charge in [-0.25, -0.2) is 0 Å². The summed E-state index contributed by atoms with van der Waals surface area (Å²) in [6.45, 7) is 2.24. The van der Waals surface area contributed by atoms with Gasteiger partial charge >= 0.3 is 0 Å². The Balaban J connectivity index is 2.49. The largest absolute Gasteiger partial charge is 0.162 e. The number of hydrogen-bond acceptors (Lipinski definition) is 2. The van der Waals surface area contributed by atoms with Crippen LogP contribution in [0, 0.1) is 5.92 Å². The van der Waals surface area contributed by atoms with Gasteiger partial charge in [-0.05, 0) is 18.8 Å². The molecule has 0 aromatic heterocycles. The summed E-state index contributed by atoms with van der Waals surface area (Å²) in [5, 5.41) is 0. The minimum absolute atomic E-state index is 0.0260. The Labute approximate surface area is 68.2 Å². The van der Waals surface area contributed by atoms with Gasteiger partial charge in [0.15, 0.2) is 0 Å². The van der Waals surface area contributed by atoms with Crippen LogP contribution in [0.15, 0.2) is 0 Å². The van der Waals surface area contributed by atoms with E-state index in [1.54, 1.807) is 0 Å². The molecule has 0 nitrogen and oxygen atoms in total. The first-order valence-electron chi connectivity index (χ1n) is 3.58. The van der Waals surface area contributed by atoms with Crippen LogP contribution in [0.4, 0.5) is 0 Å². The normalized spacial score (nSPS) is 34.3. The molecule has 0 bridgehead atoms. The molecular weight excluding hydrogens is 148 g/mol. The minimum Gasteiger partial charge on any atom is -0.162 e. The van der Waals surface area contributed by atoms with Crippen LogP contribution in [0.3, 0.4) is 0 Å². The zero-order valence-corrected chi connectivity index (χ0v) is 7.59. The maximum atomic E-state index is 4.48. The van der Waals surface area contributed by atoms with Gasteiger partial charge < -0.3 is 0 Å². The third kappa shape index (κ3) is 1.81. The Bertz CT molecular complexity index is 99.1. The van der Waals surface area contributed by atoms with Crippen LogP contribution in [0.1, 0.15) is 32.6 Å². The molecule has 1 rings (SSSR count). The van der Waals surface area contributed by atoms with E-state index in [-0.39, 0.29) is 4.08 Å². The monoisotopic (exact) mass is 162 g/mol. The Morgan fingerprint density at radius 2 is 2.00 bits per heavy atom. The van der Waals surface area contributed by atoms with Crippen molar-refractivity contribution in [3.63, 3.8) is 0 Å². The Kier molecular flexibility index (Phi) is 2.38. The lowest BCUT2D eigenvalue weighted by Crippen LogP contribution is -2.27. The molecule has 1 aliphatic carbocycles. The third-order valence-electron chi connectivity index (χ3n) is 2.22. The van der Waals surface area contributed by atoms with Crippen molar-refractivity contribution in [2.75, 3.05) is 0 Å². The van der Waals surface area contributed by atoms with Crippen LogP contribution in [-0.2, 0) is 0 Å². The highest BCUT2D eigenvalue weighted by atomic mass is 32.2. The molecule has 0 aromatic carbocycles. The van der Waals surface area contributed by atoms with E-state index in [1.807, 2.05) is 0 Å². The first-order valence-corrected chi connectivity index (χ1v) is 4.47. The van der Waals surface area contributed by atoms with E-state index < -0.39 is 0 Å². The van der Waals surface area contributed by atoms with Gasteiger partial charge in [0.05, 0.1) is 4.08 Å². The van der Waals surface area contributed by atoms with E-state index in [9.17, 15) is 0 Å². The molecule has 0 aliphatic heterocycles. The predicted molar refractivity (Wildman–Crippen MR) is 48.3 cm³/mol. The lowest BCUT2D eigenvalue weighted by molar-refractivity contribution is 0.377. The zero-order valence-electron chi connectivity index (χ0n) is 5.80. The van der Waals surface area contributed by atoms with Crippen LogP contribution in [-0.4, -0.2) is 4.08 Å². The number of hydrogen-bond donors (Lipinski definition) is 2. The molecule has 1 atom stereocenters. The number of thiol groups is 2. The van der Waals surface area contributed by atoms with E-state index in [2.05, 4.69) is 32.2 Å². The average Bonchev–Trinajstić information content (AvgIpc) is 1.77. The Morgan fingerprint density at radius 3 is 2.33 bits per heavy atom. The van der Waals surface area contributed by atoms with Gasteiger partial charge in [0.1, 0.15) is 0 Å². The minimum atomic E-state index is 0.0260. The summed E-state index contributed by atoms with van der Waals surface area (Å²) in [4.78, 5) is 0. The van der Waals surface area contributed by atoms with Crippen LogP contribution in [0.2, 0.25) is 0 Å². The van der Waals surface area contributed by atoms with Crippen molar-refractivity contribution >= 4 is 25.3 Å². The van der Waals surface area contributed by atoms with Gasteiger partial charge in [0.25, 0.3) is 0 Å². The summed E-state index contributed by atoms with van der Waals surface area (Å²) in [7, 11) is 0. The molecule has 0 spiro atoms. The van der Waals surface area contributed by atoms with Crippen LogP contribution < -0.4 is 0 Å². The van der Waals surface area contributed by atoms with E-state index in [0.29, 0.717) is 5.92 Å². The molecule has 1 saturated carbocycles. The van der Waals surface area contributed by atoms with Gasteiger partial charge in [0.2, 0.25) is 0 Å². The van der Waals surface area contributed by atoms with E-state index >= 15 is 0 Å². The molecule has 0 amide bonds. The lowest BCUT2D eigenvalue weighted by atomic mass is 9.90. The second-order valence-corrected chi connectivity index (χ2v) is 4.97. The van der Waals surface area contributed by atoms with Gasteiger partial charge in [-0.1, -0.05) is 19.8 Å². The molecule has 0 N–H and O–H groups in total. The molecular formula is C7H14S2. The van der Waals surface area contributed by atoms with Crippen LogP contribution in [0.5, 0.6) is 0 Å². The molecule has 2 heteroatoms. The van der Waals surface area contributed by atoms with Gasteiger partial charge in [0, 0.05) is 0 Å². The second kappa shape index (κ2) is 2.75. The molecule has 0 aromatic rings. The van der Waals surface area contributed by atoms with Gasteiger partial charge in [-0.15, -0.1) is 0 Å². The van der Waals surface area contributed by atoms with Crippen molar-refractivity contribution in [3.8, 4) is 0 Å². The molecule has 0 radical (unpaired) electrons. The molecule has 1 aliphatic rings. The van der Waals surface area contributed by atoms with Crippen molar-refractivity contribution in [1.82, 2.24) is 0 Å². The summed E-state index contributed by atoms with van der Waals surface area (Å²) in [6.07, 6.45) is 5.13. The second-order valence-electron chi connectivity index (χ2n) is 3.03. The van der Waals surface area contributed by atoms with Crippen molar-refractivity contribution in [1.29, 1.82) is 0 Å². The predicted octanol–water partition coefficient (Wildman–Crippen LogP) is 2.75. The molecule has 0 heterocycles. The Hall–Kier alpha value is 0.700. The highest BCUT2D eigenvalue weighted by Crippen LogP contribution is 2.41.